The molecule has 0 fully saturated rings. The molecule has 1 aromatic carbocycles. The molecule has 0 bridgehead atoms. The van der Waals surface area contributed by atoms with Crippen LogP contribution >= 0.6 is 0 Å². The van der Waals surface area contributed by atoms with E-state index in [-0.39, 0.29) is 45.1 Å². The van der Waals surface area contributed by atoms with Crippen LogP contribution in [-0.4, -0.2) is 29.6 Å². The number of Topliss-reactive ketones (excluding diaryl/α,β-unsaturated/α-hetero) is 1. The predicted molar refractivity (Wildman–Crippen MR) is 51.9 cm³/mol. The minimum absolute atomic E-state index is 0. The molecule has 1 radical (unpaired) electrons. The molecular formula is C9H10BO4Y-. The van der Waals surface area contributed by atoms with Crippen LogP contribution in [0.15, 0.2) is 24.3 Å². The fourth-order valence-corrected chi connectivity index (χ4v) is 1.02. The molecule has 0 amide bonds. The van der Waals surface area contributed by atoms with Gasteiger partial charge in [-0.15, -0.1) is 0 Å². The van der Waals surface area contributed by atoms with Gasteiger partial charge in [-0.25, -0.2) is 7.11 Å². The molecule has 0 aliphatic heterocycles. The van der Waals surface area contributed by atoms with Gasteiger partial charge in [0.1, 0.15) is 0 Å². The summed E-state index contributed by atoms with van der Waals surface area (Å²) in [6, 6.07) is 5.97. The number of hydrogen-bond donors (Lipinski definition) is 2. The molecule has 0 aliphatic rings. The first-order valence-corrected chi connectivity index (χ1v) is 4.01. The molecule has 0 spiro atoms. The average molecular weight is 282 g/mol. The molecule has 1 aromatic rings. The number of ether oxygens (including phenoxy) is 1. The van der Waals surface area contributed by atoms with Gasteiger partial charge in [-0.05, 0) is 5.46 Å². The molecule has 77 valence electrons. The molecule has 0 saturated carbocycles. The van der Waals surface area contributed by atoms with E-state index < -0.39 is 7.12 Å². The summed E-state index contributed by atoms with van der Waals surface area (Å²) >= 11 is 0. The van der Waals surface area contributed by atoms with Crippen LogP contribution in [0.3, 0.4) is 0 Å². The zero-order valence-electron chi connectivity index (χ0n) is 8.09. The largest absolute Gasteiger partial charge is 0.549 e. The summed E-state index contributed by atoms with van der Waals surface area (Å²) in [5.74, 6) is -0.195. The normalized spacial score (nSPS) is 9.27. The van der Waals surface area contributed by atoms with Crippen molar-refractivity contribution in [3.63, 3.8) is 0 Å². The predicted octanol–water partition coefficient (Wildman–Crippen LogP) is -0.645. The summed E-state index contributed by atoms with van der Waals surface area (Å²) in [7, 11) is 1.59. The van der Waals surface area contributed by atoms with E-state index in [4.69, 9.17) is 10.0 Å². The smallest absolute Gasteiger partial charge is 0.488 e. The fourth-order valence-electron chi connectivity index (χ4n) is 1.02. The van der Waals surface area contributed by atoms with Gasteiger partial charge in [0.05, 0.1) is 6.61 Å². The summed E-state index contributed by atoms with van der Waals surface area (Å²) in [6.07, 6.45) is 0. The van der Waals surface area contributed by atoms with Gasteiger partial charge in [0, 0.05) is 38.3 Å². The van der Waals surface area contributed by atoms with Gasteiger partial charge in [0.2, 0.25) is 0 Å². The van der Waals surface area contributed by atoms with E-state index >= 15 is 0 Å². The Morgan fingerprint density at radius 1 is 1.33 bits per heavy atom. The second-order valence-corrected chi connectivity index (χ2v) is 2.77. The standard InChI is InChI=1S/C9H10BO4.Y/c1-14-6-9(11)7-2-4-8(5-3-7)10(12)13;/h2-5,12-13H,1,6H2;/q-1;. The summed E-state index contributed by atoms with van der Waals surface area (Å²) in [4.78, 5) is 11.2. The molecular weight excluding hydrogens is 272 g/mol. The van der Waals surface area contributed by atoms with E-state index in [9.17, 15) is 4.79 Å². The molecule has 1 rings (SSSR count). The quantitative estimate of drug-likeness (QED) is 0.438. The molecule has 0 saturated heterocycles. The Kier molecular flexibility index (Phi) is 7.22. The van der Waals surface area contributed by atoms with E-state index in [1.165, 1.54) is 24.3 Å². The monoisotopic (exact) mass is 282 g/mol. The van der Waals surface area contributed by atoms with E-state index in [1.807, 2.05) is 0 Å². The van der Waals surface area contributed by atoms with E-state index in [0.717, 1.165) is 0 Å². The maximum absolute atomic E-state index is 11.2. The number of benzene rings is 1. The summed E-state index contributed by atoms with van der Waals surface area (Å²) in [5, 5.41) is 17.6. The number of carbonyl (C=O) groups is 1. The van der Waals surface area contributed by atoms with E-state index in [1.54, 1.807) is 0 Å². The number of ketones is 1. The Hall–Kier alpha value is -0.0612. The Balaban J connectivity index is 0.00000196. The molecule has 15 heavy (non-hydrogen) atoms. The second kappa shape index (κ2) is 7.25. The number of carbonyl (C=O) groups excluding carboxylic acids is 1. The van der Waals surface area contributed by atoms with Gasteiger partial charge >= 0.3 is 7.12 Å². The summed E-state index contributed by atoms with van der Waals surface area (Å²) in [6.45, 7) is -0.0823. The number of hydrogen-bond acceptors (Lipinski definition) is 4. The summed E-state index contributed by atoms with van der Waals surface area (Å²) < 4.78 is 4.44. The van der Waals surface area contributed by atoms with E-state index in [2.05, 4.69) is 11.8 Å². The topological polar surface area (TPSA) is 66.8 Å². The average Bonchev–Trinajstić information content (AvgIpc) is 2.18. The van der Waals surface area contributed by atoms with Crippen molar-refractivity contribution in [2.24, 2.45) is 0 Å². The fraction of sp³-hybridized carbons (Fsp3) is 0.111. The van der Waals surface area contributed by atoms with Crippen molar-refractivity contribution in [1.29, 1.82) is 0 Å². The minimum atomic E-state index is -1.51. The third kappa shape index (κ3) is 4.53. The van der Waals surface area contributed by atoms with Crippen LogP contribution in [0.25, 0.3) is 0 Å². The molecule has 0 aliphatic carbocycles. The van der Waals surface area contributed by atoms with Gasteiger partial charge in [0.15, 0.2) is 5.78 Å². The minimum Gasteiger partial charge on any atom is -0.549 e. The van der Waals surface area contributed by atoms with Crippen LogP contribution in [0.1, 0.15) is 10.4 Å². The van der Waals surface area contributed by atoms with Gasteiger partial charge in [0.25, 0.3) is 0 Å². The maximum atomic E-state index is 11.2. The maximum Gasteiger partial charge on any atom is 0.488 e. The Labute approximate surface area is 114 Å². The van der Waals surface area contributed by atoms with Crippen LogP contribution in [-0.2, 0) is 37.4 Å². The van der Waals surface area contributed by atoms with Crippen LogP contribution in [0.2, 0.25) is 0 Å². The molecule has 4 nitrogen and oxygen atoms in total. The van der Waals surface area contributed by atoms with Crippen molar-refractivity contribution in [2.45, 2.75) is 0 Å². The van der Waals surface area contributed by atoms with Gasteiger partial charge in [-0.3, -0.25) is 4.79 Å². The van der Waals surface area contributed by atoms with Crippen LogP contribution < -0.4 is 5.46 Å². The van der Waals surface area contributed by atoms with Crippen LogP contribution in [0, 0.1) is 7.11 Å². The van der Waals surface area contributed by atoms with Crippen molar-refractivity contribution in [3.8, 4) is 0 Å². The molecule has 2 N–H and O–H groups in total. The van der Waals surface area contributed by atoms with E-state index in [0.29, 0.717) is 11.0 Å². The molecule has 0 heterocycles. The zero-order valence-corrected chi connectivity index (χ0v) is 10.9. The SMILES string of the molecule is [CH2-]OCC(=O)c1ccc(B(O)O)cc1.[Y]. The summed E-state index contributed by atoms with van der Waals surface area (Å²) in [5.41, 5.74) is 0.801. The van der Waals surface area contributed by atoms with Crippen molar-refractivity contribution >= 4 is 18.4 Å². The second-order valence-electron chi connectivity index (χ2n) is 2.77. The van der Waals surface area contributed by atoms with Gasteiger partial charge < -0.3 is 14.8 Å². The first-order chi connectivity index (χ1) is 6.65. The molecule has 6 heteroatoms. The van der Waals surface area contributed by atoms with Gasteiger partial charge in [-0.2, -0.15) is 0 Å². The van der Waals surface area contributed by atoms with Crippen molar-refractivity contribution in [1.82, 2.24) is 0 Å². The Morgan fingerprint density at radius 2 is 1.87 bits per heavy atom. The first-order valence-electron chi connectivity index (χ1n) is 4.01. The zero-order chi connectivity index (χ0) is 10.6. The van der Waals surface area contributed by atoms with Crippen molar-refractivity contribution in [2.75, 3.05) is 6.61 Å². The van der Waals surface area contributed by atoms with Gasteiger partial charge in [-0.1, -0.05) is 24.3 Å². The third-order valence-corrected chi connectivity index (χ3v) is 1.76. The third-order valence-electron chi connectivity index (χ3n) is 1.76. The molecule has 0 aromatic heterocycles. The first kappa shape index (κ1) is 14.9. The number of rotatable bonds is 4. The molecule has 0 unspecified atom stereocenters. The van der Waals surface area contributed by atoms with Crippen molar-refractivity contribution in [3.05, 3.63) is 36.9 Å². The molecule has 0 atom stereocenters. The van der Waals surface area contributed by atoms with Crippen LogP contribution in [0.4, 0.5) is 0 Å². The Bertz CT molecular complexity index is 312. The van der Waals surface area contributed by atoms with Crippen molar-refractivity contribution < 1.29 is 52.3 Å². The van der Waals surface area contributed by atoms with Crippen LogP contribution in [0.5, 0.6) is 0 Å². The Morgan fingerprint density at radius 3 is 2.27 bits per heavy atom.